The van der Waals surface area contributed by atoms with Gasteiger partial charge in [0, 0.05) is 27.8 Å². The van der Waals surface area contributed by atoms with Gasteiger partial charge in [0.25, 0.3) is 0 Å². The summed E-state index contributed by atoms with van der Waals surface area (Å²) in [7, 11) is 0. The summed E-state index contributed by atoms with van der Waals surface area (Å²) in [5.74, 6) is 3.32. The van der Waals surface area contributed by atoms with Gasteiger partial charge < -0.3 is 9.64 Å². The second-order valence-corrected chi connectivity index (χ2v) is 13.1. The molecule has 7 aromatic carbocycles. The van der Waals surface area contributed by atoms with Crippen LogP contribution in [0.4, 0.5) is 17.1 Å². The molecule has 1 aromatic heterocycles. The minimum atomic E-state index is -0.678. The normalized spacial score (nSPS) is 13.2. The Morgan fingerprint density at radius 1 is 0.434 bits per heavy atom. The Kier molecular flexibility index (Phi) is 6.98. The highest BCUT2D eigenvalue weighted by Crippen LogP contribution is 2.62. The van der Waals surface area contributed by atoms with E-state index in [4.69, 9.17) is 19.7 Å². The van der Waals surface area contributed by atoms with Crippen LogP contribution >= 0.6 is 0 Å². The monoisotopic (exact) mass is 679 g/mol. The third kappa shape index (κ3) is 4.68. The predicted octanol–water partition coefficient (Wildman–Crippen LogP) is 11.0. The number of nitrogens with zero attached hydrogens (tertiary/aromatic N) is 5. The van der Waals surface area contributed by atoms with E-state index in [1.165, 1.54) is 0 Å². The smallest absolute Gasteiger partial charge is 0.164 e. The highest BCUT2D eigenvalue weighted by molar-refractivity contribution is 5.93. The summed E-state index contributed by atoms with van der Waals surface area (Å²) in [5, 5.41) is 10.7. The Morgan fingerprint density at radius 2 is 0.868 bits per heavy atom. The predicted molar refractivity (Wildman–Crippen MR) is 207 cm³/mol. The van der Waals surface area contributed by atoms with Crippen molar-refractivity contribution in [3.8, 4) is 51.7 Å². The fourth-order valence-electron chi connectivity index (χ4n) is 7.97. The van der Waals surface area contributed by atoms with Crippen LogP contribution in [-0.4, -0.2) is 15.0 Å². The lowest BCUT2D eigenvalue weighted by atomic mass is 9.61. The van der Waals surface area contributed by atoms with Crippen molar-refractivity contribution in [2.24, 2.45) is 0 Å². The number of benzene rings is 7. The molecule has 0 aliphatic carbocycles. The number of anilines is 3. The molecular formula is C47H29N5O. The molecule has 6 nitrogen and oxygen atoms in total. The first-order valence-electron chi connectivity index (χ1n) is 17.5. The molecule has 0 saturated carbocycles. The Labute approximate surface area is 306 Å². The fraction of sp³-hybridized carbons (Fsp3) is 0.0213. The molecule has 6 heteroatoms. The van der Waals surface area contributed by atoms with Crippen molar-refractivity contribution in [1.29, 1.82) is 5.26 Å². The van der Waals surface area contributed by atoms with Crippen molar-refractivity contribution in [1.82, 2.24) is 15.0 Å². The van der Waals surface area contributed by atoms with Crippen LogP contribution in [0.1, 0.15) is 27.8 Å². The van der Waals surface area contributed by atoms with Crippen molar-refractivity contribution in [2.45, 2.75) is 5.41 Å². The minimum Gasteiger partial charge on any atom is -0.457 e. The second kappa shape index (κ2) is 12.2. The Morgan fingerprint density at radius 3 is 1.38 bits per heavy atom. The molecule has 3 heterocycles. The average molecular weight is 680 g/mol. The van der Waals surface area contributed by atoms with Crippen molar-refractivity contribution in [2.75, 3.05) is 4.90 Å². The highest BCUT2D eigenvalue weighted by atomic mass is 16.5. The molecule has 0 radical (unpaired) electrons. The van der Waals surface area contributed by atoms with Crippen LogP contribution in [0, 0.1) is 11.3 Å². The summed E-state index contributed by atoms with van der Waals surface area (Å²) in [4.78, 5) is 17.1. The molecule has 53 heavy (non-hydrogen) atoms. The van der Waals surface area contributed by atoms with Gasteiger partial charge in [-0.3, -0.25) is 0 Å². The summed E-state index contributed by atoms with van der Waals surface area (Å²) in [6.07, 6.45) is 0. The number of hydrogen-bond acceptors (Lipinski definition) is 6. The topological polar surface area (TPSA) is 74.9 Å². The van der Waals surface area contributed by atoms with Crippen LogP contribution in [0.25, 0.3) is 34.2 Å². The number of nitriles is 1. The van der Waals surface area contributed by atoms with Crippen LogP contribution in [0.15, 0.2) is 176 Å². The zero-order valence-corrected chi connectivity index (χ0v) is 28.4. The average Bonchev–Trinajstić information content (AvgIpc) is 3.24. The maximum absolute atomic E-state index is 10.7. The van der Waals surface area contributed by atoms with E-state index in [1.54, 1.807) is 0 Å². The molecule has 0 fully saturated rings. The van der Waals surface area contributed by atoms with Crippen LogP contribution in [-0.2, 0) is 5.41 Å². The third-order valence-corrected chi connectivity index (χ3v) is 10.2. The summed E-state index contributed by atoms with van der Waals surface area (Å²) in [6.45, 7) is 0. The van der Waals surface area contributed by atoms with Crippen molar-refractivity contribution >= 4 is 17.1 Å². The lowest BCUT2D eigenvalue weighted by Crippen LogP contribution is -2.39. The number of ether oxygens (including phenoxy) is 1. The van der Waals surface area contributed by atoms with Gasteiger partial charge in [-0.1, -0.05) is 133 Å². The van der Waals surface area contributed by atoms with E-state index in [-0.39, 0.29) is 0 Å². The minimum absolute atomic E-state index is 0.519. The van der Waals surface area contributed by atoms with E-state index in [1.807, 2.05) is 103 Å². The van der Waals surface area contributed by atoms with Gasteiger partial charge in [-0.25, -0.2) is 15.0 Å². The SMILES string of the molecule is N#Cc1ccc(-c2nc(-c3ccccc3)nc(-c3ccccc3)n2)cc1N1c2ccccc2C2(c3ccccc3Oc3ccccc32)c2ccccc21. The first kappa shape index (κ1) is 30.5. The molecule has 0 amide bonds. The van der Waals surface area contributed by atoms with E-state index in [0.29, 0.717) is 23.0 Å². The first-order chi connectivity index (χ1) is 26.2. The van der Waals surface area contributed by atoms with Crippen molar-refractivity contribution < 1.29 is 4.74 Å². The summed E-state index contributed by atoms with van der Waals surface area (Å²) in [6, 6.07) is 61.9. The third-order valence-electron chi connectivity index (χ3n) is 10.2. The largest absolute Gasteiger partial charge is 0.457 e. The van der Waals surface area contributed by atoms with E-state index < -0.39 is 5.41 Å². The molecule has 0 bridgehead atoms. The van der Waals surface area contributed by atoms with Gasteiger partial charge in [-0.15, -0.1) is 0 Å². The van der Waals surface area contributed by atoms with Gasteiger partial charge in [0.15, 0.2) is 17.5 Å². The molecule has 0 saturated heterocycles. The molecule has 0 unspecified atom stereocenters. The molecule has 8 aromatic rings. The summed E-state index contributed by atoms with van der Waals surface area (Å²) in [5.41, 5.74) is 9.40. The van der Waals surface area contributed by atoms with Crippen molar-refractivity contribution in [3.63, 3.8) is 0 Å². The van der Waals surface area contributed by atoms with Gasteiger partial charge in [-0.05, 0) is 53.6 Å². The standard InChI is InChI=1S/C47H29N5O/c48-30-34-28-27-33(46-50-44(31-15-3-1-4-16-31)49-45(51-46)32-17-5-2-6-18-32)29-41(34)52-39-23-11-7-19-35(39)47(36-20-8-12-24-40(36)52)37-21-9-13-25-42(37)53-43-26-14-10-22-38(43)47/h1-29H. The van der Waals surface area contributed by atoms with Crippen LogP contribution < -0.4 is 9.64 Å². The Bertz CT molecular complexity index is 2590. The first-order valence-corrected chi connectivity index (χ1v) is 17.5. The van der Waals surface area contributed by atoms with Gasteiger partial charge in [0.1, 0.15) is 17.6 Å². The van der Waals surface area contributed by atoms with Crippen LogP contribution in [0.2, 0.25) is 0 Å². The molecule has 10 rings (SSSR count). The number of rotatable bonds is 4. The second-order valence-electron chi connectivity index (χ2n) is 13.1. The maximum atomic E-state index is 10.7. The molecule has 0 N–H and O–H groups in total. The molecule has 1 spiro atoms. The van der Waals surface area contributed by atoms with Gasteiger partial charge in [0.2, 0.25) is 0 Å². The molecule has 2 aliphatic heterocycles. The quantitative estimate of drug-likeness (QED) is 0.184. The van der Waals surface area contributed by atoms with E-state index >= 15 is 0 Å². The van der Waals surface area contributed by atoms with E-state index in [0.717, 1.165) is 67.5 Å². The molecular weight excluding hydrogens is 651 g/mol. The number of aromatic nitrogens is 3. The van der Waals surface area contributed by atoms with Crippen LogP contribution in [0.3, 0.4) is 0 Å². The summed E-state index contributed by atoms with van der Waals surface area (Å²) >= 11 is 0. The Balaban J connectivity index is 1.22. The number of fused-ring (bicyclic) bond motifs is 8. The van der Waals surface area contributed by atoms with Gasteiger partial charge in [0.05, 0.1) is 28.0 Å². The van der Waals surface area contributed by atoms with E-state index in [2.05, 4.69) is 83.8 Å². The maximum Gasteiger partial charge on any atom is 0.164 e. The number of hydrogen-bond donors (Lipinski definition) is 0. The zero-order chi connectivity index (χ0) is 35.4. The van der Waals surface area contributed by atoms with Crippen molar-refractivity contribution in [3.05, 3.63) is 204 Å². The van der Waals surface area contributed by atoms with E-state index in [9.17, 15) is 5.26 Å². The molecule has 248 valence electrons. The van der Waals surface area contributed by atoms with Gasteiger partial charge >= 0.3 is 0 Å². The lowest BCUT2D eigenvalue weighted by Gasteiger charge is -2.48. The Hall–Kier alpha value is -7.36. The molecule has 0 atom stereocenters. The summed E-state index contributed by atoms with van der Waals surface area (Å²) < 4.78 is 6.56. The zero-order valence-electron chi connectivity index (χ0n) is 28.4. The highest BCUT2D eigenvalue weighted by Gasteiger charge is 2.51. The number of para-hydroxylation sites is 4. The lowest BCUT2D eigenvalue weighted by molar-refractivity contribution is 0.434. The fourth-order valence-corrected chi connectivity index (χ4v) is 7.97. The van der Waals surface area contributed by atoms with Gasteiger partial charge in [-0.2, -0.15) is 5.26 Å². The van der Waals surface area contributed by atoms with Crippen LogP contribution in [0.5, 0.6) is 11.5 Å². The molecule has 2 aliphatic rings.